The van der Waals surface area contributed by atoms with Crippen LogP contribution in [0.2, 0.25) is 0 Å². The molecule has 0 unspecified atom stereocenters. The van der Waals surface area contributed by atoms with Gasteiger partial charge in [-0.05, 0) is 18.6 Å². The van der Waals surface area contributed by atoms with Crippen LogP contribution in [-0.4, -0.2) is 21.5 Å². The average Bonchev–Trinajstić information content (AvgIpc) is 3.40. The molecule has 2 aromatic heterocycles. The molecule has 0 saturated carbocycles. The van der Waals surface area contributed by atoms with Gasteiger partial charge in [-0.3, -0.25) is 9.59 Å². The number of carbonyl (C=O) groups excluding carboxylic acids is 2. The number of nitrogens with one attached hydrogen (secondary N) is 2. The number of aryl methyl sites for hydroxylation is 1. The molecule has 2 heterocycles. The fourth-order valence-corrected chi connectivity index (χ4v) is 4.06. The van der Waals surface area contributed by atoms with Crippen LogP contribution in [0.1, 0.15) is 37.5 Å². The van der Waals surface area contributed by atoms with Crippen molar-refractivity contribution < 1.29 is 9.59 Å². The Morgan fingerprint density at radius 3 is 2.25 bits per heavy atom. The van der Waals surface area contributed by atoms with Gasteiger partial charge in [0.2, 0.25) is 5.78 Å². The van der Waals surface area contributed by atoms with Gasteiger partial charge in [0.05, 0.1) is 11.3 Å². The lowest BCUT2D eigenvalue weighted by atomic mass is 9.92. The number of H-pyrrole nitrogens is 2. The van der Waals surface area contributed by atoms with Crippen molar-refractivity contribution in [1.82, 2.24) is 9.97 Å². The quantitative estimate of drug-likeness (QED) is 0.328. The van der Waals surface area contributed by atoms with E-state index >= 15 is 0 Å². The predicted molar refractivity (Wildman–Crippen MR) is 127 cm³/mol. The fourth-order valence-electron chi connectivity index (χ4n) is 4.06. The van der Waals surface area contributed by atoms with Crippen LogP contribution < -0.4 is 5.73 Å². The van der Waals surface area contributed by atoms with Crippen LogP contribution >= 0.6 is 0 Å². The summed E-state index contributed by atoms with van der Waals surface area (Å²) in [4.78, 5) is 33.3. The summed E-state index contributed by atoms with van der Waals surface area (Å²) in [6, 6.07) is 24.3. The van der Waals surface area contributed by atoms with E-state index in [0.717, 1.165) is 22.0 Å². The van der Waals surface area contributed by atoms with E-state index < -0.39 is 0 Å². The van der Waals surface area contributed by atoms with E-state index in [4.69, 9.17) is 5.73 Å². The Balaban J connectivity index is 1.74. The highest BCUT2D eigenvalue weighted by molar-refractivity contribution is 6.24. The molecule has 32 heavy (non-hydrogen) atoms. The molecule has 5 aromatic rings. The summed E-state index contributed by atoms with van der Waals surface area (Å²) >= 11 is 0. The van der Waals surface area contributed by atoms with Crippen molar-refractivity contribution in [2.75, 3.05) is 5.73 Å². The third-order valence-electron chi connectivity index (χ3n) is 5.69. The lowest BCUT2D eigenvalue weighted by Crippen LogP contribution is -2.06. The number of aromatic amines is 2. The second-order valence-electron chi connectivity index (χ2n) is 7.80. The maximum atomic E-state index is 13.7. The van der Waals surface area contributed by atoms with Gasteiger partial charge >= 0.3 is 0 Å². The molecule has 0 aliphatic rings. The number of carbonyl (C=O) groups is 2. The summed E-state index contributed by atoms with van der Waals surface area (Å²) in [5, 5.41) is 0.809. The Bertz CT molecular complexity index is 1460. The number of anilines is 1. The number of hydrogen-bond acceptors (Lipinski definition) is 3. The van der Waals surface area contributed by atoms with E-state index in [1.807, 2.05) is 73.7 Å². The van der Waals surface area contributed by atoms with Crippen LogP contribution in [0.5, 0.6) is 0 Å². The lowest BCUT2D eigenvalue weighted by molar-refractivity contribution is 0.103. The van der Waals surface area contributed by atoms with Crippen LogP contribution in [0.4, 0.5) is 5.82 Å². The number of nitrogen functional groups attached to an aromatic ring is 1. The van der Waals surface area contributed by atoms with E-state index in [9.17, 15) is 9.59 Å². The first-order chi connectivity index (χ1) is 15.5. The number of ketones is 2. The van der Waals surface area contributed by atoms with Crippen LogP contribution in [0, 0.1) is 6.92 Å². The molecule has 0 spiro atoms. The summed E-state index contributed by atoms with van der Waals surface area (Å²) in [6.07, 6.45) is 1.69. The number of benzene rings is 3. The van der Waals surface area contributed by atoms with E-state index in [1.165, 1.54) is 0 Å². The van der Waals surface area contributed by atoms with Gasteiger partial charge in [-0.15, -0.1) is 0 Å². The van der Waals surface area contributed by atoms with Crippen molar-refractivity contribution in [2.45, 2.75) is 6.92 Å². The third-order valence-corrected chi connectivity index (χ3v) is 5.69. The predicted octanol–water partition coefficient (Wildman–Crippen LogP) is 5.52. The van der Waals surface area contributed by atoms with Gasteiger partial charge in [0, 0.05) is 33.8 Å². The monoisotopic (exact) mass is 419 g/mol. The SMILES string of the molecule is Cc1ccc(-c2c(C(=O)c3ccccc3)[nH]c(N)c2C(=O)c2c[nH]c3ccccc23)cc1. The number of nitrogens with two attached hydrogens (primary N) is 1. The highest BCUT2D eigenvalue weighted by Crippen LogP contribution is 2.36. The molecule has 0 radical (unpaired) electrons. The Labute approximate surface area is 184 Å². The van der Waals surface area contributed by atoms with E-state index in [0.29, 0.717) is 27.9 Å². The van der Waals surface area contributed by atoms with E-state index in [1.54, 1.807) is 18.3 Å². The number of hydrogen-bond donors (Lipinski definition) is 3. The Hall–Kier alpha value is -4.38. The molecule has 0 bridgehead atoms. The Morgan fingerprint density at radius 1 is 0.812 bits per heavy atom. The van der Waals surface area contributed by atoms with Gasteiger partial charge in [0.1, 0.15) is 5.82 Å². The molecule has 0 fully saturated rings. The molecule has 0 saturated heterocycles. The zero-order valence-electron chi connectivity index (χ0n) is 17.5. The van der Waals surface area contributed by atoms with E-state index in [2.05, 4.69) is 9.97 Å². The maximum Gasteiger partial charge on any atom is 0.209 e. The Kier molecular flexibility index (Phi) is 4.71. The highest BCUT2D eigenvalue weighted by atomic mass is 16.1. The average molecular weight is 419 g/mol. The molecule has 5 heteroatoms. The van der Waals surface area contributed by atoms with Gasteiger partial charge in [-0.2, -0.15) is 0 Å². The van der Waals surface area contributed by atoms with Crippen molar-refractivity contribution in [3.05, 3.63) is 113 Å². The normalized spacial score (nSPS) is 11.0. The molecule has 4 N–H and O–H groups in total. The molecular formula is C27H21N3O2. The number of fused-ring (bicyclic) bond motifs is 1. The highest BCUT2D eigenvalue weighted by Gasteiger charge is 2.28. The van der Waals surface area contributed by atoms with Gasteiger partial charge in [0.25, 0.3) is 0 Å². The maximum absolute atomic E-state index is 13.7. The minimum Gasteiger partial charge on any atom is -0.385 e. The molecule has 0 aliphatic heterocycles. The van der Waals surface area contributed by atoms with Crippen LogP contribution in [-0.2, 0) is 0 Å². The van der Waals surface area contributed by atoms with Crippen molar-refractivity contribution in [3.63, 3.8) is 0 Å². The van der Waals surface area contributed by atoms with Crippen molar-refractivity contribution in [3.8, 4) is 11.1 Å². The Morgan fingerprint density at radius 2 is 1.50 bits per heavy atom. The number of aromatic nitrogens is 2. The smallest absolute Gasteiger partial charge is 0.209 e. The summed E-state index contributed by atoms with van der Waals surface area (Å²) in [6.45, 7) is 1.99. The second-order valence-corrected chi connectivity index (χ2v) is 7.80. The minimum atomic E-state index is -0.237. The molecule has 3 aromatic carbocycles. The number of rotatable bonds is 5. The standard InChI is InChI=1S/C27H21N3O2/c1-16-11-13-17(14-12-16)22-23(26(32)20-15-29-21-10-6-5-9-19(20)21)27(28)30-24(22)25(31)18-7-3-2-4-8-18/h2-15,29-30H,28H2,1H3. The van der Waals surface area contributed by atoms with Crippen molar-refractivity contribution >= 4 is 28.3 Å². The van der Waals surface area contributed by atoms with Gasteiger partial charge in [-0.25, -0.2) is 0 Å². The van der Waals surface area contributed by atoms with Crippen LogP contribution in [0.15, 0.2) is 85.1 Å². The number of para-hydroxylation sites is 1. The molecule has 5 nitrogen and oxygen atoms in total. The molecular weight excluding hydrogens is 398 g/mol. The van der Waals surface area contributed by atoms with Crippen molar-refractivity contribution in [1.29, 1.82) is 0 Å². The second kappa shape index (κ2) is 7.71. The zero-order valence-corrected chi connectivity index (χ0v) is 17.5. The largest absolute Gasteiger partial charge is 0.385 e. The summed E-state index contributed by atoms with van der Waals surface area (Å²) in [5.41, 5.74) is 11.2. The topological polar surface area (TPSA) is 91.7 Å². The molecule has 0 amide bonds. The molecule has 156 valence electrons. The molecule has 5 rings (SSSR count). The summed E-state index contributed by atoms with van der Waals surface area (Å²) < 4.78 is 0. The summed E-state index contributed by atoms with van der Waals surface area (Å²) in [5.74, 6) is -0.278. The molecule has 0 aliphatic carbocycles. The van der Waals surface area contributed by atoms with Gasteiger partial charge < -0.3 is 15.7 Å². The van der Waals surface area contributed by atoms with Gasteiger partial charge in [-0.1, -0.05) is 78.4 Å². The zero-order chi connectivity index (χ0) is 22.2. The first kappa shape index (κ1) is 19.6. The van der Waals surface area contributed by atoms with Crippen molar-refractivity contribution in [2.24, 2.45) is 0 Å². The van der Waals surface area contributed by atoms with E-state index in [-0.39, 0.29) is 17.4 Å². The first-order valence-electron chi connectivity index (χ1n) is 10.3. The third kappa shape index (κ3) is 3.20. The molecule has 0 atom stereocenters. The minimum absolute atomic E-state index is 0.176. The first-order valence-corrected chi connectivity index (χ1v) is 10.3. The fraction of sp³-hybridized carbons (Fsp3) is 0.0370. The van der Waals surface area contributed by atoms with Crippen LogP contribution in [0.25, 0.3) is 22.0 Å². The van der Waals surface area contributed by atoms with Crippen LogP contribution in [0.3, 0.4) is 0 Å². The summed E-state index contributed by atoms with van der Waals surface area (Å²) in [7, 11) is 0. The van der Waals surface area contributed by atoms with Gasteiger partial charge in [0.15, 0.2) is 5.78 Å². The lowest BCUT2D eigenvalue weighted by Gasteiger charge is -2.08.